The van der Waals surface area contributed by atoms with Gasteiger partial charge in [-0.1, -0.05) is 25.3 Å². The Morgan fingerprint density at radius 2 is 2.31 bits per heavy atom. The molecule has 0 atom stereocenters. The van der Waals surface area contributed by atoms with Crippen LogP contribution in [0.15, 0.2) is 29.0 Å². The van der Waals surface area contributed by atoms with Gasteiger partial charge in [-0.25, -0.2) is 4.39 Å². The fourth-order valence-electron chi connectivity index (χ4n) is 1.08. The molecule has 1 rings (SSSR count). The molecular formula is C10H12FNS. The summed E-state index contributed by atoms with van der Waals surface area (Å²) in [7, 11) is 0. The average Bonchev–Trinajstić information content (AvgIpc) is 2.11. The molecule has 1 aromatic carbocycles. The van der Waals surface area contributed by atoms with Crippen molar-refractivity contribution < 1.29 is 4.39 Å². The highest BCUT2D eigenvalue weighted by molar-refractivity contribution is 8.02. The van der Waals surface area contributed by atoms with Crippen molar-refractivity contribution in [2.75, 3.05) is 5.73 Å². The molecule has 0 radical (unpaired) electrons. The van der Waals surface area contributed by atoms with Gasteiger partial charge < -0.3 is 5.73 Å². The number of nitrogens with two attached hydrogens (primary N) is 1. The molecule has 1 nitrogen and oxygen atoms in total. The van der Waals surface area contributed by atoms with Crippen LogP contribution in [0.5, 0.6) is 0 Å². The Kier molecular flexibility index (Phi) is 3.37. The molecule has 0 fully saturated rings. The maximum absolute atomic E-state index is 13.3. The molecule has 0 amide bonds. The lowest BCUT2D eigenvalue weighted by Gasteiger charge is -2.06. The fraction of sp³-hybridized carbons (Fsp3) is 0.200. The summed E-state index contributed by atoms with van der Waals surface area (Å²) in [5.74, 6) is -0.262. The van der Waals surface area contributed by atoms with E-state index >= 15 is 0 Å². The van der Waals surface area contributed by atoms with Gasteiger partial charge in [0.05, 0.1) is 4.90 Å². The predicted octanol–water partition coefficient (Wildman–Crippen LogP) is 3.21. The fourth-order valence-corrected chi connectivity index (χ4v) is 1.62. The molecule has 0 aliphatic heterocycles. The van der Waals surface area contributed by atoms with Gasteiger partial charge in [0.1, 0.15) is 5.82 Å². The standard InChI is InChI=1S/C10H12FNS/c1-3-7-5-8(11)10(13-4-2)9(12)6-7/h4-6H,2-3,12H2,1H3. The van der Waals surface area contributed by atoms with Crippen molar-refractivity contribution in [2.24, 2.45) is 0 Å². The number of thioether (sulfide) groups is 1. The van der Waals surface area contributed by atoms with Gasteiger partial charge in [0, 0.05) is 5.69 Å². The highest BCUT2D eigenvalue weighted by Gasteiger charge is 2.07. The van der Waals surface area contributed by atoms with Crippen molar-refractivity contribution >= 4 is 17.4 Å². The summed E-state index contributed by atoms with van der Waals surface area (Å²) in [4.78, 5) is 0.465. The molecule has 0 saturated carbocycles. The molecule has 0 heterocycles. The van der Waals surface area contributed by atoms with Crippen LogP contribution < -0.4 is 5.73 Å². The molecule has 0 aromatic heterocycles. The SMILES string of the molecule is C=CSc1c(N)cc(CC)cc1F. The molecule has 1 aromatic rings. The number of aryl methyl sites for hydroxylation is 1. The van der Waals surface area contributed by atoms with Crippen LogP contribution in [0.3, 0.4) is 0 Å². The smallest absolute Gasteiger partial charge is 0.139 e. The van der Waals surface area contributed by atoms with Crippen LogP contribution in [0, 0.1) is 5.82 Å². The van der Waals surface area contributed by atoms with E-state index in [9.17, 15) is 4.39 Å². The Morgan fingerprint density at radius 3 is 2.77 bits per heavy atom. The number of halogens is 1. The second-order valence-corrected chi connectivity index (χ2v) is 3.61. The van der Waals surface area contributed by atoms with Gasteiger partial charge in [-0.3, -0.25) is 0 Å². The zero-order chi connectivity index (χ0) is 9.84. The Morgan fingerprint density at radius 1 is 1.62 bits per heavy atom. The second kappa shape index (κ2) is 4.33. The molecule has 0 unspecified atom stereocenters. The van der Waals surface area contributed by atoms with Crippen molar-refractivity contribution in [3.63, 3.8) is 0 Å². The van der Waals surface area contributed by atoms with E-state index in [-0.39, 0.29) is 5.82 Å². The third-order valence-electron chi connectivity index (χ3n) is 1.74. The minimum absolute atomic E-state index is 0.262. The van der Waals surface area contributed by atoms with Gasteiger partial charge in [0.25, 0.3) is 0 Å². The first kappa shape index (κ1) is 10.1. The number of nitrogen functional groups attached to an aromatic ring is 1. The molecule has 0 aliphatic carbocycles. The Bertz CT molecular complexity index is 300. The van der Waals surface area contributed by atoms with Crippen LogP contribution in [0.25, 0.3) is 0 Å². The molecule has 13 heavy (non-hydrogen) atoms. The third-order valence-corrected chi connectivity index (χ3v) is 2.57. The summed E-state index contributed by atoms with van der Waals surface area (Å²) in [6.07, 6.45) is 0.792. The van der Waals surface area contributed by atoms with Crippen LogP contribution in [0.2, 0.25) is 0 Å². The zero-order valence-electron chi connectivity index (χ0n) is 7.51. The van der Waals surface area contributed by atoms with Crippen molar-refractivity contribution in [2.45, 2.75) is 18.2 Å². The van der Waals surface area contributed by atoms with Gasteiger partial charge in [0.2, 0.25) is 0 Å². The van der Waals surface area contributed by atoms with Crippen LogP contribution in [-0.4, -0.2) is 0 Å². The van der Waals surface area contributed by atoms with E-state index < -0.39 is 0 Å². The van der Waals surface area contributed by atoms with Crippen LogP contribution in [0.1, 0.15) is 12.5 Å². The van der Waals surface area contributed by atoms with E-state index in [4.69, 9.17) is 5.73 Å². The average molecular weight is 197 g/mol. The molecule has 0 bridgehead atoms. The molecule has 2 N–H and O–H groups in total. The monoisotopic (exact) mass is 197 g/mol. The number of rotatable bonds is 3. The van der Waals surface area contributed by atoms with Crippen molar-refractivity contribution in [1.82, 2.24) is 0 Å². The van der Waals surface area contributed by atoms with Crippen LogP contribution >= 0.6 is 11.8 Å². The first-order chi connectivity index (χ1) is 6.19. The van der Waals surface area contributed by atoms with Gasteiger partial charge in [0.15, 0.2) is 0 Å². The number of hydrogen-bond donors (Lipinski definition) is 1. The van der Waals surface area contributed by atoms with Crippen molar-refractivity contribution in [3.05, 3.63) is 35.5 Å². The summed E-state index contributed by atoms with van der Waals surface area (Å²) in [5.41, 5.74) is 7.08. The van der Waals surface area contributed by atoms with Crippen LogP contribution in [-0.2, 0) is 6.42 Å². The van der Waals surface area contributed by atoms with Gasteiger partial charge in [-0.15, -0.1) is 0 Å². The second-order valence-electron chi connectivity index (χ2n) is 2.63. The largest absolute Gasteiger partial charge is 0.398 e. The Hall–Kier alpha value is -0.960. The highest BCUT2D eigenvalue weighted by Crippen LogP contribution is 2.29. The van der Waals surface area contributed by atoms with E-state index in [2.05, 4.69) is 6.58 Å². The first-order valence-electron chi connectivity index (χ1n) is 4.04. The van der Waals surface area contributed by atoms with E-state index in [0.717, 1.165) is 12.0 Å². The van der Waals surface area contributed by atoms with Gasteiger partial charge in [-0.05, 0) is 29.5 Å². The summed E-state index contributed by atoms with van der Waals surface area (Å²) in [6, 6.07) is 3.32. The minimum Gasteiger partial charge on any atom is -0.398 e. The predicted molar refractivity (Wildman–Crippen MR) is 56.2 cm³/mol. The summed E-state index contributed by atoms with van der Waals surface area (Å²) in [6.45, 7) is 5.49. The lowest BCUT2D eigenvalue weighted by molar-refractivity contribution is 0.601. The number of hydrogen-bond acceptors (Lipinski definition) is 2. The van der Waals surface area contributed by atoms with E-state index in [1.807, 2.05) is 6.92 Å². The molecule has 0 aliphatic rings. The third kappa shape index (κ3) is 2.25. The zero-order valence-corrected chi connectivity index (χ0v) is 8.33. The molecular weight excluding hydrogens is 185 g/mol. The number of anilines is 1. The van der Waals surface area contributed by atoms with E-state index in [1.165, 1.54) is 17.8 Å². The maximum atomic E-state index is 13.3. The van der Waals surface area contributed by atoms with E-state index in [1.54, 1.807) is 11.5 Å². The topological polar surface area (TPSA) is 26.0 Å². The quantitative estimate of drug-likeness (QED) is 0.594. The molecule has 3 heteroatoms. The van der Waals surface area contributed by atoms with Gasteiger partial charge >= 0.3 is 0 Å². The Labute approximate surface area is 81.8 Å². The van der Waals surface area contributed by atoms with E-state index in [0.29, 0.717) is 10.6 Å². The minimum atomic E-state index is -0.262. The molecule has 0 spiro atoms. The molecule has 70 valence electrons. The van der Waals surface area contributed by atoms with Crippen molar-refractivity contribution in [1.29, 1.82) is 0 Å². The number of benzene rings is 1. The lowest BCUT2D eigenvalue weighted by atomic mass is 10.1. The summed E-state index contributed by atoms with van der Waals surface area (Å²) < 4.78 is 13.3. The lowest BCUT2D eigenvalue weighted by Crippen LogP contribution is -1.94. The molecule has 0 saturated heterocycles. The normalized spacial score (nSPS) is 10.0. The summed E-state index contributed by atoms with van der Waals surface area (Å²) >= 11 is 1.21. The van der Waals surface area contributed by atoms with Gasteiger partial charge in [-0.2, -0.15) is 0 Å². The Balaban J connectivity index is 3.14. The maximum Gasteiger partial charge on any atom is 0.139 e. The highest BCUT2D eigenvalue weighted by atomic mass is 32.2. The summed E-state index contributed by atoms with van der Waals surface area (Å²) in [5, 5.41) is 1.57. The van der Waals surface area contributed by atoms with Crippen molar-refractivity contribution in [3.8, 4) is 0 Å². The van der Waals surface area contributed by atoms with Crippen LogP contribution in [0.4, 0.5) is 10.1 Å². The first-order valence-corrected chi connectivity index (χ1v) is 4.92.